The molecule has 0 spiro atoms. The van der Waals surface area contributed by atoms with Crippen LogP contribution in [0.25, 0.3) is 33.9 Å². The van der Waals surface area contributed by atoms with E-state index in [0.717, 1.165) is 29.1 Å². The average Bonchev–Trinajstić information content (AvgIpc) is 3.22. The summed E-state index contributed by atoms with van der Waals surface area (Å²) < 4.78 is 2.39. The molecule has 0 saturated carbocycles. The van der Waals surface area contributed by atoms with Gasteiger partial charge in [-0.2, -0.15) is 0 Å². The molecule has 0 bridgehead atoms. The Bertz CT molecular complexity index is 1060. The van der Waals surface area contributed by atoms with Gasteiger partial charge in [-0.1, -0.05) is 133 Å². The second kappa shape index (κ2) is 9.90. The molecule has 0 aliphatic carbocycles. The van der Waals surface area contributed by atoms with Gasteiger partial charge < -0.3 is 4.57 Å². The number of hydrogen-bond donors (Lipinski definition) is 0. The lowest BCUT2D eigenvalue weighted by molar-refractivity contribution is 0.583. The van der Waals surface area contributed by atoms with Crippen LogP contribution in [0.3, 0.4) is 0 Å². The molecule has 0 aliphatic heterocycles. The topological polar surface area (TPSA) is 17.8 Å². The van der Waals surface area contributed by atoms with Crippen LogP contribution in [0, 0.1) is 0 Å². The number of unbranched alkanes of at least 4 members (excludes halogenated alkanes) is 2. The predicted molar refractivity (Wildman–Crippen MR) is 131 cm³/mol. The second-order valence-corrected chi connectivity index (χ2v) is 8.59. The largest absolute Gasteiger partial charge is 0.310 e. The van der Waals surface area contributed by atoms with Crippen LogP contribution < -0.4 is 0 Å². The number of nitrogens with zero attached hydrogens (tertiary/aromatic N) is 2. The molecule has 3 aromatic carbocycles. The van der Waals surface area contributed by atoms with Gasteiger partial charge in [0.15, 0.2) is 0 Å². The molecule has 0 aliphatic rings. The molecule has 0 saturated heterocycles. The predicted octanol–water partition coefficient (Wildman–Crippen LogP) is 8.36. The third-order valence-corrected chi connectivity index (χ3v) is 6.23. The van der Waals surface area contributed by atoms with Gasteiger partial charge in [-0.3, -0.25) is 0 Å². The van der Waals surface area contributed by atoms with Gasteiger partial charge in [-0.25, -0.2) is 4.98 Å². The van der Waals surface area contributed by atoms with Gasteiger partial charge in [0.05, 0.1) is 16.3 Å². The smallest absolute Gasteiger partial charge is 0.142 e. The minimum absolute atomic E-state index is 0.180. The SMILES string of the molecule is CCCCCC(Br)n1c(-c2ccccc2)nc(-c2ccccc2)c1-c1ccccc1. The minimum atomic E-state index is 0.180. The van der Waals surface area contributed by atoms with Crippen molar-refractivity contribution in [2.45, 2.75) is 37.6 Å². The molecule has 4 aromatic rings. The number of hydrogen-bond acceptors (Lipinski definition) is 1. The molecule has 30 heavy (non-hydrogen) atoms. The Balaban J connectivity index is 1.95. The van der Waals surface area contributed by atoms with Crippen molar-refractivity contribution in [2.75, 3.05) is 0 Å². The zero-order valence-electron chi connectivity index (χ0n) is 17.3. The van der Waals surface area contributed by atoms with Gasteiger partial charge in [-0.15, -0.1) is 0 Å². The highest BCUT2D eigenvalue weighted by atomic mass is 79.9. The number of benzene rings is 3. The quantitative estimate of drug-likeness (QED) is 0.191. The Morgan fingerprint density at radius 1 is 0.733 bits per heavy atom. The van der Waals surface area contributed by atoms with E-state index >= 15 is 0 Å². The summed E-state index contributed by atoms with van der Waals surface area (Å²) in [5.41, 5.74) is 5.66. The maximum absolute atomic E-state index is 5.21. The second-order valence-electron chi connectivity index (χ2n) is 7.53. The summed E-state index contributed by atoms with van der Waals surface area (Å²) in [5.74, 6) is 1.01. The fourth-order valence-electron chi connectivity index (χ4n) is 3.86. The van der Waals surface area contributed by atoms with Gasteiger partial charge in [0.2, 0.25) is 0 Å². The summed E-state index contributed by atoms with van der Waals surface area (Å²) >= 11 is 4.02. The first-order valence-corrected chi connectivity index (χ1v) is 11.6. The summed E-state index contributed by atoms with van der Waals surface area (Å²) in [5, 5.41) is 0. The van der Waals surface area contributed by atoms with Gasteiger partial charge in [0, 0.05) is 16.7 Å². The molecular weight excluding hydrogens is 432 g/mol. The molecule has 152 valence electrons. The van der Waals surface area contributed by atoms with Crippen molar-refractivity contribution < 1.29 is 0 Å². The van der Waals surface area contributed by atoms with Crippen LogP contribution in [0.1, 0.15) is 37.6 Å². The molecule has 2 nitrogen and oxygen atoms in total. The number of alkyl halides is 1. The van der Waals surface area contributed by atoms with E-state index in [9.17, 15) is 0 Å². The van der Waals surface area contributed by atoms with Crippen molar-refractivity contribution in [3.05, 3.63) is 91.0 Å². The molecule has 1 atom stereocenters. The lowest BCUT2D eigenvalue weighted by Gasteiger charge is -2.19. The number of rotatable bonds is 8. The van der Waals surface area contributed by atoms with Crippen molar-refractivity contribution >= 4 is 15.9 Å². The summed E-state index contributed by atoms with van der Waals surface area (Å²) in [6, 6.07) is 31.7. The number of imidazole rings is 1. The normalized spacial score (nSPS) is 12.1. The van der Waals surface area contributed by atoms with Gasteiger partial charge in [0.25, 0.3) is 0 Å². The van der Waals surface area contributed by atoms with Crippen molar-refractivity contribution in [3.8, 4) is 33.9 Å². The third-order valence-electron chi connectivity index (χ3n) is 5.36. The Labute approximate surface area is 187 Å². The molecule has 1 unspecified atom stereocenters. The molecule has 3 heteroatoms. The highest BCUT2D eigenvalue weighted by Crippen LogP contribution is 2.41. The van der Waals surface area contributed by atoms with E-state index in [1.807, 2.05) is 0 Å². The molecule has 0 amide bonds. The maximum Gasteiger partial charge on any atom is 0.142 e. The van der Waals surface area contributed by atoms with Gasteiger partial charge >= 0.3 is 0 Å². The van der Waals surface area contributed by atoms with Gasteiger partial charge in [-0.05, 0) is 6.42 Å². The number of aromatic nitrogens is 2. The monoisotopic (exact) mass is 458 g/mol. The number of halogens is 1. The first kappa shape index (κ1) is 20.6. The first-order valence-electron chi connectivity index (χ1n) is 10.7. The fraction of sp³-hybridized carbons (Fsp3) is 0.222. The summed E-state index contributed by atoms with van der Waals surface area (Å²) in [4.78, 5) is 5.39. The third kappa shape index (κ3) is 4.41. The molecule has 1 heterocycles. The van der Waals surface area contributed by atoms with Crippen LogP contribution in [-0.2, 0) is 0 Å². The zero-order valence-corrected chi connectivity index (χ0v) is 18.9. The molecular formula is C27H27BrN2. The molecule has 4 rings (SSSR count). The van der Waals surface area contributed by atoms with Crippen molar-refractivity contribution in [2.24, 2.45) is 0 Å². The molecule has 1 aromatic heterocycles. The van der Waals surface area contributed by atoms with Crippen LogP contribution in [0.15, 0.2) is 91.0 Å². The summed E-state index contributed by atoms with van der Waals surface area (Å²) in [6.45, 7) is 2.25. The first-order chi connectivity index (χ1) is 14.8. The molecule has 0 N–H and O–H groups in total. The molecule has 0 radical (unpaired) electrons. The lowest BCUT2D eigenvalue weighted by Crippen LogP contribution is -2.07. The van der Waals surface area contributed by atoms with Gasteiger partial charge in [0.1, 0.15) is 5.82 Å². The average molecular weight is 459 g/mol. The summed E-state index contributed by atoms with van der Waals surface area (Å²) in [6.07, 6.45) is 4.71. The Kier molecular flexibility index (Phi) is 6.81. The van der Waals surface area contributed by atoms with Crippen LogP contribution in [0.2, 0.25) is 0 Å². The Morgan fingerprint density at radius 2 is 1.27 bits per heavy atom. The van der Waals surface area contributed by atoms with E-state index in [1.165, 1.54) is 30.5 Å². The van der Waals surface area contributed by atoms with Crippen molar-refractivity contribution in [1.82, 2.24) is 9.55 Å². The van der Waals surface area contributed by atoms with E-state index in [0.29, 0.717) is 0 Å². The Morgan fingerprint density at radius 3 is 1.83 bits per heavy atom. The van der Waals surface area contributed by atoms with E-state index in [-0.39, 0.29) is 4.95 Å². The standard InChI is InChI=1S/C27H27BrN2/c1-2-3-7-20-24(28)30-26(22-16-10-5-11-17-22)25(21-14-8-4-9-15-21)29-27(30)23-18-12-6-13-19-23/h4-6,8-19,24H,2-3,7,20H2,1H3. The highest BCUT2D eigenvalue weighted by Gasteiger charge is 2.24. The van der Waals surface area contributed by atoms with E-state index in [4.69, 9.17) is 4.98 Å². The van der Waals surface area contributed by atoms with E-state index in [2.05, 4.69) is 118 Å². The fourth-order valence-corrected chi connectivity index (χ4v) is 4.58. The van der Waals surface area contributed by atoms with Crippen LogP contribution in [0.4, 0.5) is 0 Å². The van der Waals surface area contributed by atoms with Crippen molar-refractivity contribution in [1.29, 1.82) is 0 Å². The zero-order chi connectivity index (χ0) is 20.8. The highest BCUT2D eigenvalue weighted by molar-refractivity contribution is 9.09. The van der Waals surface area contributed by atoms with E-state index < -0.39 is 0 Å². The maximum atomic E-state index is 5.21. The molecule has 0 fully saturated rings. The van der Waals surface area contributed by atoms with Crippen LogP contribution >= 0.6 is 15.9 Å². The van der Waals surface area contributed by atoms with Crippen molar-refractivity contribution in [3.63, 3.8) is 0 Å². The van der Waals surface area contributed by atoms with Crippen LogP contribution in [0.5, 0.6) is 0 Å². The summed E-state index contributed by atoms with van der Waals surface area (Å²) in [7, 11) is 0. The Hall–Kier alpha value is -2.65. The lowest BCUT2D eigenvalue weighted by atomic mass is 10.0. The minimum Gasteiger partial charge on any atom is -0.310 e. The van der Waals surface area contributed by atoms with Crippen LogP contribution in [-0.4, -0.2) is 9.55 Å². The van der Waals surface area contributed by atoms with E-state index in [1.54, 1.807) is 0 Å².